The van der Waals surface area contributed by atoms with Gasteiger partial charge in [0.05, 0.1) is 17.8 Å². The lowest BCUT2D eigenvalue weighted by Gasteiger charge is -2.08. The number of furan rings is 1. The highest BCUT2D eigenvalue weighted by Gasteiger charge is 2.09. The third-order valence-corrected chi connectivity index (χ3v) is 3.09. The number of anilines is 2. The zero-order valence-corrected chi connectivity index (χ0v) is 11.9. The molecule has 3 aromatic heterocycles. The van der Waals surface area contributed by atoms with E-state index in [2.05, 4.69) is 37.7 Å². The van der Waals surface area contributed by atoms with Gasteiger partial charge in [0, 0.05) is 19.5 Å². The molecule has 110 valence electrons. The summed E-state index contributed by atoms with van der Waals surface area (Å²) >= 11 is 0. The summed E-state index contributed by atoms with van der Waals surface area (Å²) in [4.78, 5) is 8.90. The maximum atomic E-state index is 5.32. The third kappa shape index (κ3) is 3.13. The topological polar surface area (TPSA) is 91.7 Å². The van der Waals surface area contributed by atoms with E-state index in [1.807, 2.05) is 12.1 Å². The molecule has 0 aliphatic rings. The molecule has 3 heterocycles. The molecule has 0 unspecified atom stereocenters. The standard InChI is InChI=1S/C14H18N6O/c1-2-6-16-14-18-12(11-9-17-20-13(11)19-14)15-7-5-10-4-3-8-21-10/h3-4,8-9H,2,5-7H2,1H3,(H3,15,16,17,18,19,20). The van der Waals surface area contributed by atoms with Gasteiger partial charge in [-0.1, -0.05) is 6.92 Å². The first-order chi connectivity index (χ1) is 10.4. The van der Waals surface area contributed by atoms with Gasteiger partial charge in [-0.25, -0.2) is 0 Å². The zero-order chi connectivity index (χ0) is 14.5. The van der Waals surface area contributed by atoms with Crippen molar-refractivity contribution in [3.05, 3.63) is 30.4 Å². The number of H-pyrrole nitrogens is 1. The predicted molar refractivity (Wildman–Crippen MR) is 81.4 cm³/mol. The first-order valence-electron chi connectivity index (χ1n) is 7.08. The summed E-state index contributed by atoms with van der Waals surface area (Å²) in [5.41, 5.74) is 0.726. The second-order valence-corrected chi connectivity index (χ2v) is 4.71. The molecular weight excluding hydrogens is 268 g/mol. The van der Waals surface area contributed by atoms with E-state index < -0.39 is 0 Å². The summed E-state index contributed by atoms with van der Waals surface area (Å²) in [6.45, 7) is 3.67. The Labute approximate surface area is 122 Å². The highest BCUT2D eigenvalue weighted by Crippen LogP contribution is 2.19. The van der Waals surface area contributed by atoms with Crippen LogP contribution in [0.3, 0.4) is 0 Å². The van der Waals surface area contributed by atoms with Crippen molar-refractivity contribution in [2.45, 2.75) is 19.8 Å². The van der Waals surface area contributed by atoms with Crippen molar-refractivity contribution < 1.29 is 4.42 Å². The maximum absolute atomic E-state index is 5.32. The Morgan fingerprint density at radius 2 is 2.19 bits per heavy atom. The minimum Gasteiger partial charge on any atom is -0.469 e. The highest BCUT2D eigenvalue weighted by atomic mass is 16.3. The lowest BCUT2D eigenvalue weighted by Crippen LogP contribution is -2.10. The number of aromatic amines is 1. The third-order valence-electron chi connectivity index (χ3n) is 3.09. The van der Waals surface area contributed by atoms with Gasteiger partial charge in [-0.3, -0.25) is 5.10 Å². The molecule has 3 N–H and O–H groups in total. The van der Waals surface area contributed by atoms with Crippen molar-refractivity contribution in [1.82, 2.24) is 20.2 Å². The van der Waals surface area contributed by atoms with E-state index in [0.717, 1.165) is 48.5 Å². The zero-order valence-electron chi connectivity index (χ0n) is 11.9. The van der Waals surface area contributed by atoms with Crippen LogP contribution in [0.5, 0.6) is 0 Å². The van der Waals surface area contributed by atoms with E-state index in [0.29, 0.717) is 5.95 Å². The SMILES string of the molecule is CCCNc1nc(NCCc2ccco2)c2cn[nH]c2n1. The first-order valence-corrected chi connectivity index (χ1v) is 7.08. The number of hydrogen-bond acceptors (Lipinski definition) is 6. The Balaban J connectivity index is 1.74. The Hall–Kier alpha value is -2.57. The van der Waals surface area contributed by atoms with E-state index >= 15 is 0 Å². The molecule has 0 aliphatic carbocycles. The number of rotatable bonds is 7. The average molecular weight is 286 g/mol. The molecule has 0 atom stereocenters. The van der Waals surface area contributed by atoms with Crippen LogP contribution in [-0.2, 0) is 6.42 Å². The van der Waals surface area contributed by atoms with Crippen LogP contribution in [0.25, 0.3) is 11.0 Å². The molecule has 21 heavy (non-hydrogen) atoms. The van der Waals surface area contributed by atoms with Crippen LogP contribution >= 0.6 is 0 Å². The minimum atomic E-state index is 0.606. The van der Waals surface area contributed by atoms with Crippen LogP contribution in [0, 0.1) is 0 Å². The second-order valence-electron chi connectivity index (χ2n) is 4.71. The molecule has 3 rings (SSSR count). The smallest absolute Gasteiger partial charge is 0.226 e. The fourth-order valence-electron chi connectivity index (χ4n) is 2.04. The summed E-state index contributed by atoms with van der Waals surface area (Å²) in [7, 11) is 0. The minimum absolute atomic E-state index is 0.606. The largest absolute Gasteiger partial charge is 0.469 e. The van der Waals surface area contributed by atoms with Gasteiger partial charge in [-0.2, -0.15) is 15.1 Å². The lowest BCUT2D eigenvalue weighted by atomic mass is 10.3. The van der Waals surface area contributed by atoms with Crippen molar-refractivity contribution in [3.63, 3.8) is 0 Å². The van der Waals surface area contributed by atoms with Gasteiger partial charge in [0.25, 0.3) is 0 Å². The van der Waals surface area contributed by atoms with E-state index in [9.17, 15) is 0 Å². The van der Waals surface area contributed by atoms with Crippen molar-refractivity contribution in [1.29, 1.82) is 0 Å². The van der Waals surface area contributed by atoms with Gasteiger partial charge in [0.15, 0.2) is 5.65 Å². The Bertz CT molecular complexity index is 691. The van der Waals surface area contributed by atoms with Crippen molar-refractivity contribution in [2.24, 2.45) is 0 Å². The highest BCUT2D eigenvalue weighted by molar-refractivity contribution is 5.86. The molecule has 0 aromatic carbocycles. The number of aromatic nitrogens is 4. The van der Waals surface area contributed by atoms with Gasteiger partial charge in [-0.05, 0) is 18.6 Å². The lowest BCUT2D eigenvalue weighted by molar-refractivity contribution is 0.513. The van der Waals surface area contributed by atoms with Gasteiger partial charge in [0.1, 0.15) is 11.6 Å². The monoisotopic (exact) mass is 286 g/mol. The molecule has 7 heteroatoms. The summed E-state index contributed by atoms with van der Waals surface area (Å²) in [6, 6.07) is 3.85. The molecule has 3 aromatic rings. The second kappa shape index (κ2) is 6.25. The van der Waals surface area contributed by atoms with E-state index in [1.165, 1.54) is 0 Å². The fourth-order valence-corrected chi connectivity index (χ4v) is 2.04. The Kier molecular flexibility index (Phi) is 3.99. The number of fused-ring (bicyclic) bond motifs is 1. The summed E-state index contributed by atoms with van der Waals surface area (Å²) in [5, 5.41) is 14.3. The van der Waals surface area contributed by atoms with Crippen molar-refractivity contribution in [2.75, 3.05) is 23.7 Å². The average Bonchev–Trinajstić information content (AvgIpc) is 3.15. The van der Waals surface area contributed by atoms with Crippen molar-refractivity contribution >= 4 is 22.8 Å². The summed E-state index contributed by atoms with van der Waals surface area (Å²) < 4.78 is 5.32. The van der Waals surface area contributed by atoms with E-state index in [4.69, 9.17) is 4.42 Å². The van der Waals surface area contributed by atoms with Gasteiger partial charge in [0.2, 0.25) is 5.95 Å². The molecule has 0 bridgehead atoms. The normalized spacial score (nSPS) is 10.9. The van der Waals surface area contributed by atoms with Crippen LogP contribution in [-0.4, -0.2) is 33.3 Å². The molecule has 0 radical (unpaired) electrons. The number of hydrogen-bond donors (Lipinski definition) is 3. The van der Waals surface area contributed by atoms with Crippen LogP contribution < -0.4 is 10.6 Å². The van der Waals surface area contributed by atoms with Crippen LogP contribution in [0.2, 0.25) is 0 Å². The fraction of sp³-hybridized carbons (Fsp3) is 0.357. The molecule has 0 fully saturated rings. The molecule has 7 nitrogen and oxygen atoms in total. The molecular formula is C14H18N6O. The molecule has 0 amide bonds. The van der Waals surface area contributed by atoms with Gasteiger partial charge in [-0.15, -0.1) is 0 Å². The van der Waals surface area contributed by atoms with Gasteiger partial charge >= 0.3 is 0 Å². The Morgan fingerprint density at radius 3 is 3.00 bits per heavy atom. The summed E-state index contributed by atoms with van der Waals surface area (Å²) in [6.07, 6.45) is 5.23. The molecule has 0 spiro atoms. The number of nitrogens with zero attached hydrogens (tertiary/aromatic N) is 3. The Morgan fingerprint density at radius 1 is 1.24 bits per heavy atom. The van der Waals surface area contributed by atoms with Gasteiger partial charge < -0.3 is 15.1 Å². The van der Waals surface area contributed by atoms with Crippen LogP contribution in [0.15, 0.2) is 29.0 Å². The van der Waals surface area contributed by atoms with Crippen molar-refractivity contribution in [3.8, 4) is 0 Å². The number of nitrogens with one attached hydrogen (secondary N) is 3. The van der Waals surface area contributed by atoms with E-state index in [1.54, 1.807) is 12.5 Å². The van der Waals surface area contributed by atoms with Crippen LogP contribution in [0.4, 0.5) is 11.8 Å². The van der Waals surface area contributed by atoms with Crippen LogP contribution in [0.1, 0.15) is 19.1 Å². The maximum Gasteiger partial charge on any atom is 0.226 e. The van der Waals surface area contributed by atoms with E-state index in [-0.39, 0.29) is 0 Å². The molecule has 0 aliphatic heterocycles. The summed E-state index contributed by atoms with van der Waals surface area (Å²) in [5.74, 6) is 2.33. The predicted octanol–water partition coefficient (Wildman–Crippen LogP) is 2.42. The molecule has 0 saturated carbocycles. The quantitative estimate of drug-likeness (QED) is 0.618. The first kappa shape index (κ1) is 13.4. The molecule has 0 saturated heterocycles.